The van der Waals surface area contributed by atoms with Crippen LogP contribution >= 0.6 is 0 Å². The lowest BCUT2D eigenvalue weighted by atomic mass is 10.0. The van der Waals surface area contributed by atoms with Crippen LogP contribution in [0, 0.1) is 20.8 Å². The molecule has 4 heteroatoms. The van der Waals surface area contributed by atoms with Gasteiger partial charge in [-0.3, -0.25) is 9.59 Å². The minimum Gasteiger partial charge on any atom is -0.357 e. The molecule has 0 heterocycles. The van der Waals surface area contributed by atoms with Gasteiger partial charge in [-0.1, -0.05) is 66.1 Å². The molecule has 0 aliphatic rings. The molecule has 0 spiro atoms. The SMILES string of the molecule is CCC(C(=O)NC)N(Cc1ccc(C)cc1)C(=O)Cc1cc(C)cc(C)c1. The van der Waals surface area contributed by atoms with E-state index in [2.05, 4.69) is 11.4 Å². The molecule has 0 saturated heterocycles. The van der Waals surface area contributed by atoms with Gasteiger partial charge in [-0.15, -0.1) is 0 Å². The van der Waals surface area contributed by atoms with Gasteiger partial charge in [-0.05, 0) is 38.3 Å². The highest BCUT2D eigenvalue weighted by Gasteiger charge is 2.28. The summed E-state index contributed by atoms with van der Waals surface area (Å²) in [4.78, 5) is 27.3. The highest BCUT2D eigenvalue weighted by molar-refractivity contribution is 5.88. The minimum atomic E-state index is -0.477. The summed E-state index contributed by atoms with van der Waals surface area (Å²) in [6.45, 7) is 8.46. The third-order valence-corrected chi connectivity index (χ3v) is 4.74. The van der Waals surface area contributed by atoms with E-state index >= 15 is 0 Å². The average Bonchev–Trinajstić information content (AvgIpc) is 2.61. The Bertz CT molecular complexity index is 776. The maximum absolute atomic E-state index is 13.2. The number of hydrogen-bond donors (Lipinski definition) is 1. The zero-order chi connectivity index (χ0) is 20.0. The average molecular weight is 367 g/mol. The van der Waals surface area contributed by atoms with Crippen LogP contribution in [-0.4, -0.2) is 29.8 Å². The summed E-state index contributed by atoms with van der Waals surface area (Å²) >= 11 is 0. The largest absolute Gasteiger partial charge is 0.357 e. The number of carbonyl (C=O) groups is 2. The van der Waals surface area contributed by atoms with Crippen LogP contribution in [-0.2, 0) is 22.6 Å². The number of likely N-dealkylation sites (N-methyl/N-ethyl adjacent to an activating group) is 1. The van der Waals surface area contributed by atoms with Crippen LogP contribution in [0.25, 0.3) is 0 Å². The van der Waals surface area contributed by atoms with Crippen molar-refractivity contribution in [3.63, 3.8) is 0 Å². The Balaban J connectivity index is 2.30. The molecule has 0 saturated carbocycles. The maximum atomic E-state index is 13.2. The van der Waals surface area contributed by atoms with Crippen LogP contribution < -0.4 is 5.32 Å². The Morgan fingerprint density at radius 1 is 0.926 bits per heavy atom. The molecule has 1 atom stereocenters. The van der Waals surface area contributed by atoms with Crippen molar-refractivity contribution < 1.29 is 9.59 Å². The molecule has 0 aromatic heterocycles. The van der Waals surface area contributed by atoms with Crippen molar-refractivity contribution in [2.75, 3.05) is 7.05 Å². The summed E-state index contributed by atoms with van der Waals surface area (Å²) in [6.07, 6.45) is 0.867. The highest BCUT2D eigenvalue weighted by Crippen LogP contribution is 2.16. The summed E-state index contributed by atoms with van der Waals surface area (Å²) in [5.74, 6) is -0.158. The lowest BCUT2D eigenvalue weighted by Gasteiger charge is -2.30. The van der Waals surface area contributed by atoms with Crippen molar-refractivity contribution in [3.8, 4) is 0 Å². The number of hydrogen-bond acceptors (Lipinski definition) is 2. The van der Waals surface area contributed by atoms with E-state index in [0.29, 0.717) is 19.4 Å². The van der Waals surface area contributed by atoms with E-state index < -0.39 is 6.04 Å². The van der Waals surface area contributed by atoms with Gasteiger partial charge in [0.05, 0.1) is 6.42 Å². The molecule has 1 N–H and O–H groups in total. The quantitative estimate of drug-likeness (QED) is 0.812. The molecule has 1 unspecified atom stereocenters. The first-order valence-corrected chi connectivity index (χ1v) is 9.47. The van der Waals surface area contributed by atoms with E-state index in [9.17, 15) is 9.59 Å². The second-order valence-electron chi connectivity index (χ2n) is 7.22. The Hall–Kier alpha value is -2.62. The second-order valence-corrected chi connectivity index (χ2v) is 7.22. The van der Waals surface area contributed by atoms with Crippen LogP contribution in [0.1, 0.15) is 41.2 Å². The molecular formula is C23H30N2O2. The fourth-order valence-electron chi connectivity index (χ4n) is 3.42. The van der Waals surface area contributed by atoms with Gasteiger partial charge < -0.3 is 10.2 Å². The van der Waals surface area contributed by atoms with Crippen LogP contribution in [0.3, 0.4) is 0 Å². The number of nitrogens with one attached hydrogen (secondary N) is 1. The maximum Gasteiger partial charge on any atom is 0.242 e. The van der Waals surface area contributed by atoms with Gasteiger partial charge in [-0.25, -0.2) is 0 Å². The lowest BCUT2D eigenvalue weighted by molar-refractivity contribution is -0.140. The standard InChI is InChI=1S/C23H30N2O2/c1-6-21(23(27)24-5)25(15-19-9-7-16(2)8-10-19)22(26)14-20-12-17(3)11-18(4)13-20/h7-13,21H,6,14-15H2,1-5H3,(H,24,27). The summed E-state index contributed by atoms with van der Waals surface area (Å²) in [6, 6.07) is 13.8. The van der Waals surface area contributed by atoms with Gasteiger partial charge in [0.1, 0.15) is 6.04 Å². The number of aryl methyl sites for hydroxylation is 3. The first kappa shape index (κ1) is 20.7. The number of rotatable bonds is 7. The van der Waals surface area contributed by atoms with Crippen molar-refractivity contribution in [1.29, 1.82) is 0 Å². The Morgan fingerprint density at radius 3 is 2.04 bits per heavy atom. The van der Waals surface area contributed by atoms with Gasteiger partial charge in [0.25, 0.3) is 0 Å². The van der Waals surface area contributed by atoms with Crippen molar-refractivity contribution in [2.24, 2.45) is 0 Å². The van der Waals surface area contributed by atoms with E-state index in [1.807, 2.05) is 64.1 Å². The third-order valence-electron chi connectivity index (χ3n) is 4.74. The van der Waals surface area contributed by atoms with E-state index in [1.54, 1.807) is 11.9 Å². The minimum absolute atomic E-state index is 0.0315. The Morgan fingerprint density at radius 2 is 1.52 bits per heavy atom. The van der Waals surface area contributed by atoms with Gasteiger partial charge >= 0.3 is 0 Å². The Labute approximate surface area is 162 Å². The molecular weight excluding hydrogens is 336 g/mol. The summed E-state index contributed by atoms with van der Waals surface area (Å²) in [5, 5.41) is 2.70. The van der Waals surface area contributed by atoms with Crippen molar-refractivity contribution in [2.45, 2.75) is 53.1 Å². The summed E-state index contributed by atoms with van der Waals surface area (Å²) in [5.41, 5.74) is 5.46. The topological polar surface area (TPSA) is 49.4 Å². The van der Waals surface area contributed by atoms with Crippen LogP contribution in [0.15, 0.2) is 42.5 Å². The van der Waals surface area contributed by atoms with Gasteiger partial charge in [0.15, 0.2) is 0 Å². The Kier molecular flexibility index (Phi) is 7.17. The summed E-state index contributed by atoms with van der Waals surface area (Å²) < 4.78 is 0. The predicted octanol–water partition coefficient (Wildman–Crippen LogP) is 3.71. The van der Waals surface area contributed by atoms with E-state index in [1.165, 1.54) is 5.56 Å². The number of carbonyl (C=O) groups excluding carboxylic acids is 2. The fourth-order valence-corrected chi connectivity index (χ4v) is 3.42. The number of benzene rings is 2. The van der Waals surface area contributed by atoms with E-state index in [-0.39, 0.29) is 11.8 Å². The molecule has 4 nitrogen and oxygen atoms in total. The molecule has 27 heavy (non-hydrogen) atoms. The van der Waals surface area contributed by atoms with Crippen molar-refractivity contribution in [3.05, 3.63) is 70.3 Å². The van der Waals surface area contributed by atoms with Crippen molar-refractivity contribution in [1.82, 2.24) is 10.2 Å². The number of nitrogens with zero attached hydrogens (tertiary/aromatic N) is 1. The highest BCUT2D eigenvalue weighted by atomic mass is 16.2. The van der Waals surface area contributed by atoms with Crippen LogP contribution in [0.4, 0.5) is 0 Å². The first-order valence-electron chi connectivity index (χ1n) is 9.47. The molecule has 0 aliphatic carbocycles. The van der Waals surface area contributed by atoms with Gasteiger partial charge in [0, 0.05) is 13.6 Å². The molecule has 2 aromatic rings. The molecule has 2 amide bonds. The number of amides is 2. The second kappa shape index (κ2) is 9.36. The zero-order valence-corrected chi connectivity index (χ0v) is 17.0. The molecule has 0 fully saturated rings. The molecule has 0 aliphatic heterocycles. The first-order chi connectivity index (χ1) is 12.8. The zero-order valence-electron chi connectivity index (χ0n) is 17.0. The molecule has 144 valence electrons. The molecule has 2 aromatic carbocycles. The third kappa shape index (κ3) is 5.68. The summed E-state index contributed by atoms with van der Waals surface area (Å²) in [7, 11) is 1.61. The molecule has 2 rings (SSSR count). The monoisotopic (exact) mass is 366 g/mol. The lowest BCUT2D eigenvalue weighted by Crippen LogP contribution is -2.48. The predicted molar refractivity (Wildman–Crippen MR) is 109 cm³/mol. The van der Waals surface area contributed by atoms with Gasteiger partial charge in [-0.2, -0.15) is 0 Å². The molecule has 0 bridgehead atoms. The normalized spacial score (nSPS) is 11.7. The van der Waals surface area contributed by atoms with Crippen LogP contribution in [0.2, 0.25) is 0 Å². The fraction of sp³-hybridized carbons (Fsp3) is 0.391. The van der Waals surface area contributed by atoms with Crippen LogP contribution in [0.5, 0.6) is 0 Å². The van der Waals surface area contributed by atoms with Gasteiger partial charge in [0.2, 0.25) is 11.8 Å². The smallest absolute Gasteiger partial charge is 0.242 e. The molecule has 0 radical (unpaired) electrons. The van der Waals surface area contributed by atoms with Crippen molar-refractivity contribution >= 4 is 11.8 Å². The van der Waals surface area contributed by atoms with E-state index in [0.717, 1.165) is 22.3 Å². The van der Waals surface area contributed by atoms with E-state index in [4.69, 9.17) is 0 Å².